The zero-order valence-corrected chi connectivity index (χ0v) is 9.25. The van der Waals surface area contributed by atoms with Crippen molar-refractivity contribution < 1.29 is 8.96 Å². The number of thiazole rings is 1. The van der Waals surface area contributed by atoms with Crippen molar-refractivity contribution in [2.24, 2.45) is 0 Å². The number of benzene rings is 2. The van der Waals surface area contributed by atoms with Crippen LogP contribution in [-0.4, -0.2) is 0 Å². The molecule has 3 heteroatoms. The van der Waals surface area contributed by atoms with E-state index in [2.05, 4.69) is 16.7 Å². The molecule has 0 radical (unpaired) electrons. The maximum Gasteiger partial charge on any atom is 0.231 e. The normalized spacial score (nSPS) is 10.8. The molecular weight excluding hydrogens is 221 g/mol. The lowest BCUT2D eigenvalue weighted by Gasteiger charge is -1.93. The van der Waals surface area contributed by atoms with Crippen molar-refractivity contribution in [1.82, 2.24) is 0 Å². The summed E-state index contributed by atoms with van der Waals surface area (Å²) in [5, 5.41) is 0. The van der Waals surface area contributed by atoms with Crippen molar-refractivity contribution in [3.05, 3.63) is 59.9 Å². The molecule has 0 unspecified atom stereocenters. The first-order valence-corrected chi connectivity index (χ1v) is 5.86. The van der Waals surface area contributed by atoms with E-state index in [9.17, 15) is 4.39 Å². The fraction of sp³-hybridized carbons (Fsp3) is 0. The molecular formula is C13H9FNS+. The number of nitrogens with zero attached hydrogens (tertiary/aromatic N) is 1. The lowest BCUT2D eigenvalue weighted by Crippen LogP contribution is -2.27. The van der Waals surface area contributed by atoms with Gasteiger partial charge in [-0.15, -0.1) is 4.57 Å². The first-order valence-electron chi connectivity index (χ1n) is 4.98. The summed E-state index contributed by atoms with van der Waals surface area (Å²) in [5.41, 5.74) is 4.18. The largest absolute Gasteiger partial charge is 0.231 e. The number of aromatic nitrogens is 1. The zero-order valence-electron chi connectivity index (χ0n) is 8.43. The molecule has 1 heterocycles. The minimum absolute atomic E-state index is 0.205. The van der Waals surface area contributed by atoms with Gasteiger partial charge < -0.3 is 0 Å². The highest BCUT2D eigenvalue weighted by atomic mass is 32.1. The van der Waals surface area contributed by atoms with E-state index in [0.29, 0.717) is 0 Å². The Balaban J connectivity index is 2.22. The molecule has 0 amide bonds. The first-order chi connectivity index (χ1) is 7.84. The number of fused-ring (bicyclic) bond motifs is 1. The fourth-order valence-corrected chi connectivity index (χ4v) is 2.62. The van der Waals surface area contributed by atoms with Crippen LogP contribution < -0.4 is 4.57 Å². The van der Waals surface area contributed by atoms with Crippen LogP contribution in [0, 0.1) is 5.82 Å². The van der Waals surface area contributed by atoms with Crippen LogP contribution in [0.5, 0.6) is 0 Å². The van der Waals surface area contributed by atoms with Gasteiger partial charge in [-0.2, -0.15) is 0 Å². The molecule has 0 atom stereocenters. The van der Waals surface area contributed by atoms with Crippen LogP contribution in [0.3, 0.4) is 0 Å². The van der Waals surface area contributed by atoms with Crippen molar-refractivity contribution in [2.75, 3.05) is 0 Å². The summed E-state index contributed by atoms with van der Waals surface area (Å²) in [4.78, 5) is 0. The molecule has 0 aliphatic heterocycles. The van der Waals surface area contributed by atoms with Crippen molar-refractivity contribution in [1.29, 1.82) is 0 Å². The fourth-order valence-electron chi connectivity index (χ4n) is 1.72. The Hall–Kier alpha value is -1.74. The molecule has 0 bridgehead atoms. The molecule has 78 valence electrons. The number of hydrogen-bond acceptors (Lipinski definition) is 1. The third-order valence-corrected chi connectivity index (χ3v) is 3.43. The molecule has 0 N–H and O–H groups in total. The summed E-state index contributed by atoms with van der Waals surface area (Å²) in [6.07, 6.45) is 0. The van der Waals surface area contributed by atoms with Gasteiger partial charge in [0, 0.05) is 18.2 Å². The molecule has 0 saturated heterocycles. The molecule has 0 aliphatic carbocycles. The number of rotatable bonds is 1. The standard InChI is InChI=1S/C13H9FNS/c14-10-5-7-11(8-6-10)15-9-16-13-4-2-1-3-12(13)15/h1-9H/q+1. The number of halogens is 1. The van der Waals surface area contributed by atoms with E-state index in [4.69, 9.17) is 0 Å². The second kappa shape index (κ2) is 3.68. The zero-order chi connectivity index (χ0) is 11.0. The Morgan fingerprint density at radius 1 is 0.938 bits per heavy atom. The van der Waals surface area contributed by atoms with Crippen LogP contribution in [0.2, 0.25) is 0 Å². The van der Waals surface area contributed by atoms with Gasteiger partial charge >= 0.3 is 0 Å². The van der Waals surface area contributed by atoms with E-state index in [0.717, 1.165) is 11.2 Å². The predicted octanol–water partition coefficient (Wildman–Crippen LogP) is 3.32. The minimum atomic E-state index is -0.205. The second-order valence-corrected chi connectivity index (χ2v) is 4.42. The minimum Gasteiger partial charge on any atom is -0.207 e. The smallest absolute Gasteiger partial charge is 0.207 e. The Morgan fingerprint density at radius 2 is 1.69 bits per heavy atom. The molecule has 1 aromatic heterocycles. The predicted molar refractivity (Wildman–Crippen MR) is 63.3 cm³/mol. The molecule has 2 aromatic carbocycles. The molecule has 0 spiro atoms. The average Bonchev–Trinajstić information content (AvgIpc) is 2.74. The van der Waals surface area contributed by atoms with Gasteiger partial charge in [-0.25, -0.2) is 4.39 Å². The van der Waals surface area contributed by atoms with E-state index in [1.807, 2.05) is 17.6 Å². The van der Waals surface area contributed by atoms with Crippen molar-refractivity contribution in [3.63, 3.8) is 0 Å². The number of para-hydroxylation sites is 1. The second-order valence-electron chi connectivity index (χ2n) is 3.54. The summed E-state index contributed by atoms with van der Waals surface area (Å²) in [6, 6.07) is 14.7. The summed E-state index contributed by atoms with van der Waals surface area (Å²) in [5.74, 6) is -0.205. The van der Waals surface area contributed by atoms with Gasteiger partial charge in [0.2, 0.25) is 16.7 Å². The van der Waals surface area contributed by atoms with Crippen LogP contribution in [0.4, 0.5) is 4.39 Å². The lowest BCUT2D eigenvalue weighted by atomic mass is 10.3. The molecule has 3 aromatic rings. The van der Waals surface area contributed by atoms with Crippen molar-refractivity contribution >= 4 is 21.6 Å². The first kappa shape index (κ1) is 9.48. The van der Waals surface area contributed by atoms with Gasteiger partial charge in [0.05, 0.1) is 0 Å². The van der Waals surface area contributed by atoms with Crippen LogP contribution >= 0.6 is 11.3 Å². The number of hydrogen-bond donors (Lipinski definition) is 0. The molecule has 0 fully saturated rings. The topological polar surface area (TPSA) is 3.88 Å². The van der Waals surface area contributed by atoms with Gasteiger partial charge in [-0.05, 0) is 18.2 Å². The Kier molecular flexibility index (Phi) is 2.18. The van der Waals surface area contributed by atoms with E-state index in [-0.39, 0.29) is 5.82 Å². The third kappa shape index (κ3) is 1.49. The quantitative estimate of drug-likeness (QED) is 0.565. The summed E-state index contributed by atoms with van der Waals surface area (Å²) < 4.78 is 16.1. The van der Waals surface area contributed by atoms with Crippen LogP contribution in [0.25, 0.3) is 15.9 Å². The molecule has 3 rings (SSSR count). The Bertz CT molecular complexity index is 628. The van der Waals surface area contributed by atoms with Gasteiger partial charge in [0.1, 0.15) is 10.5 Å². The van der Waals surface area contributed by atoms with Crippen LogP contribution in [0.15, 0.2) is 54.0 Å². The maximum atomic E-state index is 12.8. The SMILES string of the molecule is Fc1ccc(-[n+]2csc3ccccc32)cc1. The van der Waals surface area contributed by atoms with Gasteiger partial charge in [-0.3, -0.25) is 0 Å². The van der Waals surface area contributed by atoms with E-state index in [1.54, 1.807) is 23.5 Å². The summed E-state index contributed by atoms with van der Waals surface area (Å²) in [6.45, 7) is 0. The van der Waals surface area contributed by atoms with Gasteiger partial charge in [-0.1, -0.05) is 23.5 Å². The summed E-state index contributed by atoms with van der Waals surface area (Å²) >= 11 is 1.68. The average molecular weight is 230 g/mol. The Morgan fingerprint density at radius 3 is 2.50 bits per heavy atom. The van der Waals surface area contributed by atoms with Crippen molar-refractivity contribution in [2.45, 2.75) is 0 Å². The van der Waals surface area contributed by atoms with E-state index >= 15 is 0 Å². The van der Waals surface area contributed by atoms with Crippen LogP contribution in [-0.2, 0) is 0 Å². The molecule has 0 aliphatic rings. The van der Waals surface area contributed by atoms with E-state index in [1.165, 1.54) is 16.8 Å². The summed E-state index contributed by atoms with van der Waals surface area (Å²) in [7, 11) is 0. The highest BCUT2D eigenvalue weighted by Crippen LogP contribution is 2.17. The van der Waals surface area contributed by atoms with Gasteiger partial charge in [0.25, 0.3) is 0 Å². The Labute approximate surface area is 96.4 Å². The third-order valence-electron chi connectivity index (χ3n) is 2.51. The molecule has 1 nitrogen and oxygen atoms in total. The highest BCUT2D eigenvalue weighted by molar-refractivity contribution is 7.16. The monoisotopic (exact) mass is 230 g/mol. The van der Waals surface area contributed by atoms with Crippen molar-refractivity contribution in [3.8, 4) is 5.69 Å². The van der Waals surface area contributed by atoms with E-state index < -0.39 is 0 Å². The lowest BCUT2D eigenvalue weighted by molar-refractivity contribution is -0.562. The van der Waals surface area contributed by atoms with Gasteiger partial charge in [0.15, 0.2) is 0 Å². The maximum absolute atomic E-state index is 12.8. The highest BCUT2D eigenvalue weighted by Gasteiger charge is 2.13. The molecule has 16 heavy (non-hydrogen) atoms. The van der Waals surface area contributed by atoms with Crippen LogP contribution in [0.1, 0.15) is 0 Å². The molecule has 0 saturated carbocycles.